The lowest BCUT2D eigenvalue weighted by molar-refractivity contribution is 0.617. The maximum atomic E-state index is 6.58. The summed E-state index contributed by atoms with van der Waals surface area (Å²) in [4.78, 5) is 7.14. The number of nitrogens with zero attached hydrogens (tertiary/aromatic N) is 2. The maximum absolute atomic E-state index is 6.58. The highest BCUT2D eigenvalue weighted by Gasteiger charge is 2.19. The molecule has 54 heavy (non-hydrogen) atoms. The van der Waals surface area contributed by atoms with Crippen LogP contribution in [0.1, 0.15) is 0 Å². The molecule has 254 valence electrons. The third kappa shape index (κ3) is 5.09. The second-order valence-electron chi connectivity index (χ2n) is 13.6. The molecule has 5 heteroatoms. The van der Waals surface area contributed by atoms with Crippen LogP contribution < -0.4 is 4.90 Å². The molecule has 11 rings (SSSR count). The van der Waals surface area contributed by atoms with Crippen molar-refractivity contribution in [1.82, 2.24) is 4.98 Å². The molecule has 0 N–H and O–H groups in total. The van der Waals surface area contributed by atoms with E-state index in [1.165, 1.54) is 42.4 Å². The molecule has 3 aromatic heterocycles. The quantitative estimate of drug-likeness (QED) is 0.172. The molecule has 11 aromatic rings. The van der Waals surface area contributed by atoms with Crippen LogP contribution >= 0.6 is 11.3 Å². The molecule has 0 atom stereocenters. The zero-order valence-electron chi connectivity index (χ0n) is 28.9. The summed E-state index contributed by atoms with van der Waals surface area (Å²) in [6.07, 6.45) is 0. The SMILES string of the molecule is c1ccc(-c2ccc(N(c3cccc(-c4cccc5sc6ccccc6c45)c3)c3ccc4c(c3)oc3cc5oc(-c6ccccc6)nc5cc34)cc2)cc1. The molecule has 0 unspecified atom stereocenters. The van der Waals surface area contributed by atoms with Crippen LogP contribution in [0.25, 0.3) is 86.9 Å². The molecule has 4 nitrogen and oxygen atoms in total. The van der Waals surface area contributed by atoms with Crippen molar-refractivity contribution in [3.8, 4) is 33.7 Å². The Morgan fingerprint density at radius 2 is 1.07 bits per heavy atom. The molecule has 0 aliphatic rings. The minimum absolute atomic E-state index is 0.601. The van der Waals surface area contributed by atoms with Gasteiger partial charge in [0.25, 0.3) is 0 Å². The van der Waals surface area contributed by atoms with Crippen LogP contribution in [0.2, 0.25) is 0 Å². The molecule has 0 saturated carbocycles. The first-order chi connectivity index (χ1) is 26.7. The lowest BCUT2D eigenvalue weighted by atomic mass is 9.98. The van der Waals surface area contributed by atoms with Gasteiger partial charge in [-0.1, -0.05) is 103 Å². The lowest BCUT2D eigenvalue weighted by Crippen LogP contribution is -2.10. The minimum atomic E-state index is 0.601. The molecule has 0 fully saturated rings. The first kappa shape index (κ1) is 30.7. The Morgan fingerprint density at radius 1 is 0.407 bits per heavy atom. The van der Waals surface area contributed by atoms with Crippen molar-refractivity contribution in [2.75, 3.05) is 4.90 Å². The Kier molecular flexibility index (Phi) is 7.00. The zero-order chi connectivity index (χ0) is 35.6. The normalized spacial score (nSPS) is 11.7. The number of rotatable bonds is 6. The van der Waals surface area contributed by atoms with Crippen LogP contribution in [0, 0.1) is 0 Å². The third-order valence-corrected chi connectivity index (χ3v) is 11.4. The van der Waals surface area contributed by atoms with Crippen molar-refractivity contribution in [2.45, 2.75) is 0 Å². The van der Waals surface area contributed by atoms with Crippen molar-refractivity contribution in [1.29, 1.82) is 0 Å². The van der Waals surface area contributed by atoms with Gasteiger partial charge in [0.15, 0.2) is 5.58 Å². The predicted molar refractivity (Wildman–Crippen MR) is 225 cm³/mol. The fourth-order valence-corrected chi connectivity index (χ4v) is 8.87. The number of thiophene rings is 1. The number of hydrogen-bond acceptors (Lipinski definition) is 5. The molecule has 3 heterocycles. The van der Waals surface area contributed by atoms with Crippen molar-refractivity contribution in [3.63, 3.8) is 0 Å². The number of furan rings is 1. The summed E-state index contributed by atoms with van der Waals surface area (Å²) >= 11 is 1.85. The van der Waals surface area contributed by atoms with E-state index in [9.17, 15) is 0 Å². The lowest BCUT2D eigenvalue weighted by Gasteiger charge is -2.26. The van der Waals surface area contributed by atoms with Gasteiger partial charge in [-0.15, -0.1) is 11.3 Å². The van der Waals surface area contributed by atoms with E-state index in [0.717, 1.165) is 50.1 Å². The maximum Gasteiger partial charge on any atom is 0.227 e. The molecule has 0 spiro atoms. The first-order valence-electron chi connectivity index (χ1n) is 18.0. The molecular formula is C49H30N2O2S. The zero-order valence-corrected chi connectivity index (χ0v) is 29.8. The number of oxazole rings is 1. The van der Waals surface area contributed by atoms with E-state index in [4.69, 9.17) is 13.8 Å². The Balaban J connectivity index is 1.05. The molecule has 0 aliphatic heterocycles. The summed E-state index contributed by atoms with van der Waals surface area (Å²) in [6.45, 7) is 0. The highest BCUT2D eigenvalue weighted by molar-refractivity contribution is 7.25. The van der Waals surface area contributed by atoms with Gasteiger partial charge < -0.3 is 13.7 Å². The van der Waals surface area contributed by atoms with Gasteiger partial charge in [-0.25, -0.2) is 4.98 Å². The van der Waals surface area contributed by atoms with Gasteiger partial charge in [0.1, 0.15) is 16.7 Å². The van der Waals surface area contributed by atoms with Crippen LogP contribution in [-0.2, 0) is 0 Å². The van der Waals surface area contributed by atoms with Gasteiger partial charge in [-0.05, 0) is 89.0 Å². The highest BCUT2D eigenvalue weighted by Crippen LogP contribution is 2.44. The van der Waals surface area contributed by atoms with Gasteiger partial charge in [-0.2, -0.15) is 0 Å². The van der Waals surface area contributed by atoms with E-state index < -0.39 is 0 Å². The van der Waals surface area contributed by atoms with E-state index >= 15 is 0 Å². The Morgan fingerprint density at radius 3 is 1.93 bits per heavy atom. The van der Waals surface area contributed by atoms with Crippen LogP contribution in [-0.4, -0.2) is 4.98 Å². The van der Waals surface area contributed by atoms with Gasteiger partial charge in [-0.3, -0.25) is 0 Å². The summed E-state index contributed by atoms with van der Waals surface area (Å²) in [6, 6.07) is 64.0. The Labute approximate surface area is 314 Å². The molecule has 0 bridgehead atoms. The summed E-state index contributed by atoms with van der Waals surface area (Å²) in [5.41, 5.74) is 11.9. The average Bonchev–Trinajstić information content (AvgIpc) is 3.94. The van der Waals surface area contributed by atoms with E-state index in [1.54, 1.807) is 0 Å². The fourth-order valence-electron chi connectivity index (χ4n) is 7.74. The molecule has 0 amide bonds. The van der Waals surface area contributed by atoms with Crippen LogP contribution in [0.4, 0.5) is 17.1 Å². The summed E-state index contributed by atoms with van der Waals surface area (Å²) in [7, 11) is 0. The summed E-state index contributed by atoms with van der Waals surface area (Å²) < 4.78 is 15.4. The van der Waals surface area contributed by atoms with Crippen molar-refractivity contribution < 1.29 is 8.83 Å². The minimum Gasteiger partial charge on any atom is -0.456 e. The van der Waals surface area contributed by atoms with Gasteiger partial charge in [0.05, 0.1) is 0 Å². The summed E-state index contributed by atoms with van der Waals surface area (Å²) in [5, 5.41) is 4.63. The Bertz CT molecular complexity index is 3160. The van der Waals surface area contributed by atoms with Crippen LogP contribution in [0.3, 0.4) is 0 Å². The number of anilines is 3. The van der Waals surface area contributed by atoms with E-state index in [0.29, 0.717) is 11.5 Å². The second kappa shape index (κ2) is 12.3. The van der Waals surface area contributed by atoms with Crippen molar-refractivity contribution in [2.24, 2.45) is 0 Å². The van der Waals surface area contributed by atoms with E-state index in [-0.39, 0.29) is 0 Å². The monoisotopic (exact) mass is 710 g/mol. The highest BCUT2D eigenvalue weighted by atomic mass is 32.1. The number of aromatic nitrogens is 1. The predicted octanol–water partition coefficient (Wildman–Crippen LogP) is 14.6. The largest absolute Gasteiger partial charge is 0.456 e. The molecule has 0 radical (unpaired) electrons. The average molecular weight is 711 g/mol. The fraction of sp³-hybridized carbons (Fsp3) is 0. The van der Waals surface area contributed by atoms with E-state index in [1.807, 2.05) is 47.7 Å². The molecular weight excluding hydrogens is 681 g/mol. The number of fused-ring (bicyclic) bond motifs is 7. The standard InChI is InChI=1S/C49H30N2O2S/c1-3-11-31(12-4-1)32-21-23-35(24-22-32)51(36-16-9-15-34(27-36)38-18-10-20-47-48(38)40-17-7-8-19-46(40)54-47)37-25-26-39-41-29-42-45(30-44(41)52-43(39)28-37)53-49(50-42)33-13-5-2-6-14-33/h1-30H. The first-order valence-corrected chi connectivity index (χ1v) is 18.8. The van der Waals surface area contributed by atoms with Gasteiger partial charge >= 0.3 is 0 Å². The van der Waals surface area contributed by atoms with Gasteiger partial charge in [0.2, 0.25) is 5.89 Å². The van der Waals surface area contributed by atoms with Crippen molar-refractivity contribution in [3.05, 3.63) is 182 Å². The topological polar surface area (TPSA) is 42.4 Å². The van der Waals surface area contributed by atoms with Crippen molar-refractivity contribution >= 4 is 81.6 Å². The number of benzene rings is 8. The summed E-state index contributed by atoms with van der Waals surface area (Å²) in [5.74, 6) is 0.601. The molecule has 0 aliphatic carbocycles. The second-order valence-corrected chi connectivity index (χ2v) is 14.6. The van der Waals surface area contributed by atoms with Crippen LogP contribution in [0.5, 0.6) is 0 Å². The Hall–Kier alpha value is -6.95. The molecule has 0 saturated heterocycles. The smallest absolute Gasteiger partial charge is 0.227 e. The van der Waals surface area contributed by atoms with Crippen LogP contribution in [0.15, 0.2) is 191 Å². The third-order valence-electron chi connectivity index (χ3n) is 10.3. The number of hydrogen-bond donors (Lipinski definition) is 0. The molecule has 8 aromatic carbocycles. The van der Waals surface area contributed by atoms with Gasteiger partial charge in [0, 0.05) is 65.7 Å². The van der Waals surface area contributed by atoms with E-state index in [2.05, 4.69) is 150 Å².